The SMILES string of the molecule is Cc1ccccc1N1C=CN(C2CCCC2)[C@H]1C. The van der Waals surface area contributed by atoms with Crippen LogP contribution in [0, 0.1) is 6.92 Å². The summed E-state index contributed by atoms with van der Waals surface area (Å²) < 4.78 is 0. The van der Waals surface area contributed by atoms with Crippen molar-refractivity contribution < 1.29 is 0 Å². The predicted octanol–water partition coefficient (Wildman–Crippen LogP) is 3.88. The molecule has 18 heavy (non-hydrogen) atoms. The van der Waals surface area contributed by atoms with E-state index < -0.39 is 0 Å². The quantitative estimate of drug-likeness (QED) is 0.776. The Labute approximate surface area is 110 Å². The Bertz CT molecular complexity index is 446. The summed E-state index contributed by atoms with van der Waals surface area (Å²) in [4.78, 5) is 4.94. The topological polar surface area (TPSA) is 6.48 Å². The van der Waals surface area contributed by atoms with E-state index >= 15 is 0 Å². The van der Waals surface area contributed by atoms with Crippen LogP contribution >= 0.6 is 0 Å². The lowest BCUT2D eigenvalue weighted by Gasteiger charge is -2.34. The van der Waals surface area contributed by atoms with Gasteiger partial charge in [-0.3, -0.25) is 0 Å². The van der Waals surface area contributed by atoms with E-state index in [4.69, 9.17) is 0 Å². The van der Waals surface area contributed by atoms with Crippen molar-refractivity contribution in [1.82, 2.24) is 4.90 Å². The predicted molar refractivity (Wildman–Crippen MR) is 76.4 cm³/mol. The second-order valence-corrected chi connectivity index (χ2v) is 5.51. The lowest BCUT2D eigenvalue weighted by molar-refractivity contribution is 0.237. The van der Waals surface area contributed by atoms with Gasteiger partial charge in [-0.05, 0) is 38.3 Å². The van der Waals surface area contributed by atoms with E-state index in [2.05, 4.69) is 60.3 Å². The summed E-state index contributed by atoms with van der Waals surface area (Å²) in [6.45, 7) is 4.50. The standard InChI is InChI=1S/C16H22N2/c1-13-7-3-6-10-16(13)18-12-11-17(14(18)2)15-8-4-5-9-15/h3,6-7,10-12,14-15H,4-5,8-9H2,1-2H3/t14-/m1/s1. The first-order valence-corrected chi connectivity index (χ1v) is 7.07. The maximum Gasteiger partial charge on any atom is 0.103 e. The highest BCUT2D eigenvalue weighted by Crippen LogP contribution is 2.32. The summed E-state index contributed by atoms with van der Waals surface area (Å²) in [5.41, 5.74) is 2.68. The molecule has 1 heterocycles. The van der Waals surface area contributed by atoms with Crippen LogP contribution in [0.1, 0.15) is 38.2 Å². The number of rotatable bonds is 2. The first kappa shape index (κ1) is 11.6. The van der Waals surface area contributed by atoms with Crippen LogP contribution in [0.3, 0.4) is 0 Å². The fourth-order valence-electron chi connectivity index (χ4n) is 3.31. The Balaban J connectivity index is 1.80. The molecule has 1 fully saturated rings. The lowest BCUT2D eigenvalue weighted by Crippen LogP contribution is -2.41. The van der Waals surface area contributed by atoms with Gasteiger partial charge in [0.15, 0.2) is 0 Å². The smallest absolute Gasteiger partial charge is 0.103 e. The monoisotopic (exact) mass is 242 g/mol. The molecule has 3 rings (SSSR count). The van der Waals surface area contributed by atoms with Gasteiger partial charge in [-0.1, -0.05) is 31.0 Å². The number of aryl methyl sites for hydroxylation is 1. The van der Waals surface area contributed by atoms with Crippen LogP contribution in [-0.2, 0) is 0 Å². The molecule has 1 aromatic carbocycles. The Hall–Kier alpha value is -1.44. The maximum absolute atomic E-state index is 2.54. The molecule has 0 aromatic heterocycles. The minimum absolute atomic E-state index is 0.453. The van der Waals surface area contributed by atoms with Crippen molar-refractivity contribution in [2.75, 3.05) is 4.90 Å². The van der Waals surface area contributed by atoms with Crippen LogP contribution in [0.2, 0.25) is 0 Å². The zero-order chi connectivity index (χ0) is 12.5. The van der Waals surface area contributed by atoms with Crippen LogP contribution in [0.15, 0.2) is 36.7 Å². The minimum atomic E-state index is 0.453. The van der Waals surface area contributed by atoms with Gasteiger partial charge in [-0.2, -0.15) is 0 Å². The van der Waals surface area contributed by atoms with E-state index in [0.29, 0.717) is 6.17 Å². The van der Waals surface area contributed by atoms with Crippen LogP contribution in [0.4, 0.5) is 5.69 Å². The number of para-hydroxylation sites is 1. The second-order valence-electron chi connectivity index (χ2n) is 5.51. The molecule has 0 saturated heterocycles. The molecule has 96 valence electrons. The van der Waals surface area contributed by atoms with E-state index in [1.54, 1.807) is 0 Å². The van der Waals surface area contributed by atoms with Gasteiger partial charge in [0.1, 0.15) is 6.17 Å². The van der Waals surface area contributed by atoms with Crippen molar-refractivity contribution in [3.63, 3.8) is 0 Å². The molecule has 0 amide bonds. The normalized spacial score (nSPS) is 24.2. The van der Waals surface area contributed by atoms with Gasteiger partial charge in [-0.25, -0.2) is 0 Å². The molecule has 0 radical (unpaired) electrons. The molecule has 2 heteroatoms. The van der Waals surface area contributed by atoms with Crippen molar-refractivity contribution in [2.24, 2.45) is 0 Å². The summed E-state index contributed by atoms with van der Waals surface area (Å²) in [5, 5.41) is 0. The molecule has 1 aliphatic carbocycles. The largest absolute Gasteiger partial charge is 0.353 e. The van der Waals surface area contributed by atoms with Gasteiger partial charge in [0.25, 0.3) is 0 Å². The van der Waals surface area contributed by atoms with Gasteiger partial charge in [0.2, 0.25) is 0 Å². The van der Waals surface area contributed by atoms with Gasteiger partial charge in [0.05, 0.1) is 0 Å². The number of hydrogen-bond acceptors (Lipinski definition) is 2. The van der Waals surface area contributed by atoms with Crippen molar-refractivity contribution in [2.45, 2.75) is 51.7 Å². The molecule has 2 aliphatic rings. The second kappa shape index (κ2) is 4.68. The Morgan fingerprint density at radius 3 is 2.50 bits per heavy atom. The first-order valence-electron chi connectivity index (χ1n) is 7.07. The summed E-state index contributed by atoms with van der Waals surface area (Å²) in [6.07, 6.45) is 10.5. The van der Waals surface area contributed by atoms with Crippen LogP contribution in [0.25, 0.3) is 0 Å². The number of hydrogen-bond donors (Lipinski definition) is 0. The van der Waals surface area contributed by atoms with E-state index in [9.17, 15) is 0 Å². The van der Waals surface area contributed by atoms with Gasteiger partial charge in [0, 0.05) is 24.1 Å². The van der Waals surface area contributed by atoms with Crippen LogP contribution < -0.4 is 4.90 Å². The molecule has 1 atom stereocenters. The van der Waals surface area contributed by atoms with Crippen LogP contribution in [-0.4, -0.2) is 17.1 Å². The van der Waals surface area contributed by atoms with E-state index in [0.717, 1.165) is 6.04 Å². The Morgan fingerprint density at radius 1 is 1.06 bits per heavy atom. The maximum atomic E-state index is 2.54. The Morgan fingerprint density at radius 2 is 1.78 bits per heavy atom. The molecular formula is C16H22N2. The van der Waals surface area contributed by atoms with E-state index in [1.165, 1.54) is 36.9 Å². The molecule has 1 aromatic rings. The third kappa shape index (κ3) is 1.90. The van der Waals surface area contributed by atoms with Crippen LogP contribution in [0.5, 0.6) is 0 Å². The van der Waals surface area contributed by atoms with Gasteiger partial charge in [-0.15, -0.1) is 0 Å². The highest BCUT2D eigenvalue weighted by molar-refractivity contribution is 5.57. The molecular weight excluding hydrogens is 220 g/mol. The first-order chi connectivity index (χ1) is 8.77. The zero-order valence-electron chi connectivity index (χ0n) is 11.3. The average Bonchev–Trinajstić information content (AvgIpc) is 2.99. The molecule has 1 aliphatic heterocycles. The van der Waals surface area contributed by atoms with Crippen molar-refractivity contribution >= 4 is 5.69 Å². The lowest BCUT2D eigenvalue weighted by atomic mass is 10.1. The Kier molecular flexibility index (Phi) is 3.02. The van der Waals surface area contributed by atoms with E-state index in [-0.39, 0.29) is 0 Å². The van der Waals surface area contributed by atoms with Gasteiger partial charge >= 0.3 is 0 Å². The number of nitrogens with zero attached hydrogens (tertiary/aromatic N) is 2. The van der Waals surface area contributed by atoms with Crippen molar-refractivity contribution in [3.8, 4) is 0 Å². The summed E-state index contributed by atoms with van der Waals surface area (Å²) >= 11 is 0. The molecule has 0 bridgehead atoms. The summed E-state index contributed by atoms with van der Waals surface area (Å²) in [6, 6.07) is 9.40. The van der Waals surface area contributed by atoms with Crippen molar-refractivity contribution in [3.05, 3.63) is 42.2 Å². The number of benzene rings is 1. The van der Waals surface area contributed by atoms with Crippen molar-refractivity contribution in [1.29, 1.82) is 0 Å². The van der Waals surface area contributed by atoms with Gasteiger partial charge < -0.3 is 9.80 Å². The average molecular weight is 242 g/mol. The fourth-order valence-corrected chi connectivity index (χ4v) is 3.31. The third-order valence-corrected chi connectivity index (χ3v) is 4.37. The molecule has 0 N–H and O–H groups in total. The highest BCUT2D eigenvalue weighted by atomic mass is 15.4. The third-order valence-electron chi connectivity index (χ3n) is 4.37. The summed E-state index contributed by atoms with van der Waals surface area (Å²) in [5.74, 6) is 0. The van der Waals surface area contributed by atoms with E-state index in [1.807, 2.05) is 0 Å². The zero-order valence-corrected chi connectivity index (χ0v) is 11.3. The molecule has 1 saturated carbocycles. The molecule has 2 nitrogen and oxygen atoms in total. The molecule has 0 unspecified atom stereocenters. The highest BCUT2D eigenvalue weighted by Gasteiger charge is 2.30. The minimum Gasteiger partial charge on any atom is -0.353 e. The summed E-state index contributed by atoms with van der Waals surface area (Å²) in [7, 11) is 0. The molecule has 0 spiro atoms. The fraction of sp³-hybridized carbons (Fsp3) is 0.500. The number of anilines is 1.